The van der Waals surface area contributed by atoms with E-state index in [4.69, 9.17) is 4.74 Å². The van der Waals surface area contributed by atoms with Crippen LogP contribution < -0.4 is 10.6 Å². The minimum absolute atomic E-state index is 0.0565. The maximum atomic E-state index is 12.1. The molecule has 5 heteroatoms. The van der Waals surface area contributed by atoms with E-state index in [-0.39, 0.29) is 11.8 Å². The van der Waals surface area contributed by atoms with Crippen LogP contribution in [0.5, 0.6) is 0 Å². The van der Waals surface area contributed by atoms with Crippen LogP contribution in [0.2, 0.25) is 0 Å². The Morgan fingerprint density at radius 2 is 1.68 bits per heavy atom. The van der Waals surface area contributed by atoms with Crippen molar-refractivity contribution in [1.82, 2.24) is 10.6 Å². The highest BCUT2D eigenvalue weighted by Gasteiger charge is 2.18. The van der Waals surface area contributed by atoms with Gasteiger partial charge in [-0.25, -0.2) is 0 Å². The van der Waals surface area contributed by atoms with Crippen LogP contribution in [0.25, 0.3) is 0 Å². The molecule has 0 unspecified atom stereocenters. The SMILES string of the molecule is COCCCNC(=O)c1ccc(C(=O)NC2CCCC2)cc1. The maximum absolute atomic E-state index is 12.1. The highest BCUT2D eigenvalue weighted by atomic mass is 16.5. The summed E-state index contributed by atoms with van der Waals surface area (Å²) in [4.78, 5) is 24.0. The van der Waals surface area contributed by atoms with E-state index in [0.717, 1.165) is 19.3 Å². The lowest BCUT2D eigenvalue weighted by Gasteiger charge is -2.12. The molecular weight excluding hydrogens is 280 g/mol. The molecule has 5 nitrogen and oxygen atoms in total. The quantitative estimate of drug-likeness (QED) is 0.758. The number of carbonyl (C=O) groups excluding carboxylic acids is 2. The minimum atomic E-state index is -0.126. The molecule has 1 aromatic carbocycles. The van der Waals surface area contributed by atoms with E-state index in [1.54, 1.807) is 31.4 Å². The van der Waals surface area contributed by atoms with Crippen molar-refractivity contribution in [3.8, 4) is 0 Å². The summed E-state index contributed by atoms with van der Waals surface area (Å²) in [7, 11) is 1.64. The fourth-order valence-electron chi connectivity index (χ4n) is 2.63. The molecule has 0 atom stereocenters. The lowest BCUT2D eigenvalue weighted by molar-refractivity contribution is 0.0930. The number of hydrogen-bond donors (Lipinski definition) is 2. The second kappa shape index (κ2) is 8.54. The van der Waals surface area contributed by atoms with Crippen LogP contribution >= 0.6 is 0 Å². The van der Waals surface area contributed by atoms with Crippen LogP contribution in [0.3, 0.4) is 0 Å². The predicted octanol–water partition coefficient (Wildman–Crippen LogP) is 2.13. The summed E-state index contributed by atoms with van der Waals surface area (Å²) in [5, 5.41) is 5.86. The highest BCUT2D eigenvalue weighted by Crippen LogP contribution is 2.18. The highest BCUT2D eigenvalue weighted by molar-refractivity contribution is 5.97. The third kappa shape index (κ3) is 4.84. The van der Waals surface area contributed by atoms with Crippen molar-refractivity contribution in [3.05, 3.63) is 35.4 Å². The van der Waals surface area contributed by atoms with Crippen molar-refractivity contribution in [1.29, 1.82) is 0 Å². The molecule has 0 aliphatic heterocycles. The first-order valence-electron chi connectivity index (χ1n) is 7.89. The fraction of sp³-hybridized carbons (Fsp3) is 0.529. The number of rotatable bonds is 7. The van der Waals surface area contributed by atoms with E-state index in [1.807, 2.05) is 0 Å². The Morgan fingerprint density at radius 3 is 2.27 bits per heavy atom. The molecule has 0 heterocycles. The zero-order valence-electron chi connectivity index (χ0n) is 13.1. The molecule has 1 aromatic rings. The van der Waals surface area contributed by atoms with Gasteiger partial charge in [-0.15, -0.1) is 0 Å². The number of carbonyl (C=O) groups is 2. The van der Waals surface area contributed by atoms with E-state index in [0.29, 0.717) is 30.3 Å². The fourth-order valence-corrected chi connectivity index (χ4v) is 2.63. The second-order valence-corrected chi connectivity index (χ2v) is 5.63. The molecule has 1 aliphatic rings. The Balaban J connectivity index is 1.83. The van der Waals surface area contributed by atoms with Gasteiger partial charge in [0.2, 0.25) is 0 Å². The average Bonchev–Trinajstić information content (AvgIpc) is 3.04. The van der Waals surface area contributed by atoms with Gasteiger partial charge >= 0.3 is 0 Å². The summed E-state index contributed by atoms with van der Waals surface area (Å²) in [5.41, 5.74) is 1.16. The minimum Gasteiger partial charge on any atom is -0.385 e. The summed E-state index contributed by atoms with van der Waals surface area (Å²) in [6, 6.07) is 7.09. The van der Waals surface area contributed by atoms with Gasteiger partial charge in [-0.2, -0.15) is 0 Å². The van der Waals surface area contributed by atoms with Crippen LogP contribution in [-0.2, 0) is 4.74 Å². The van der Waals surface area contributed by atoms with Crippen LogP contribution in [0.4, 0.5) is 0 Å². The van der Waals surface area contributed by atoms with Gasteiger partial charge in [0, 0.05) is 37.4 Å². The van der Waals surface area contributed by atoms with E-state index >= 15 is 0 Å². The molecule has 0 bridgehead atoms. The van der Waals surface area contributed by atoms with Crippen molar-refractivity contribution < 1.29 is 14.3 Å². The van der Waals surface area contributed by atoms with Gasteiger partial charge in [0.05, 0.1) is 0 Å². The van der Waals surface area contributed by atoms with Crippen LogP contribution in [0.15, 0.2) is 24.3 Å². The predicted molar refractivity (Wildman–Crippen MR) is 85.0 cm³/mol. The van der Waals surface area contributed by atoms with Crippen molar-refractivity contribution >= 4 is 11.8 Å². The lowest BCUT2D eigenvalue weighted by atomic mass is 10.1. The molecule has 1 aliphatic carbocycles. The lowest BCUT2D eigenvalue weighted by Crippen LogP contribution is -2.32. The molecule has 2 N–H and O–H groups in total. The van der Waals surface area contributed by atoms with Gasteiger partial charge in [0.1, 0.15) is 0 Å². The maximum Gasteiger partial charge on any atom is 0.251 e. The number of nitrogens with one attached hydrogen (secondary N) is 2. The van der Waals surface area contributed by atoms with Gasteiger partial charge in [-0.05, 0) is 43.5 Å². The van der Waals surface area contributed by atoms with Crippen LogP contribution in [0, 0.1) is 0 Å². The topological polar surface area (TPSA) is 67.4 Å². The molecule has 0 spiro atoms. The zero-order chi connectivity index (χ0) is 15.8. The van der Waals surface area contributed by atoms with Crippen LogP contribution in [-0.4, -0.2) is 38.1 Å². The largest absolute Gasteiger partial charge is 0.385 e. The average molecular weight is 304 g/mol. The third-order valence-corrected chi connectivity index (χ3v) is 3.91. The molecule has 0 saturated heterocycles. The monoisotopic (exact) mass is 304 g/mol. The number of benzene rings is 1. The smallest absolute Gasteiger partial charge is 0.251 e. The Labute approximate surface area is 131 Å². The van der Waals surface area contributed by atoms with Gasteiger partial charge in [0.25, 0.3) is 11.8 Å². The van der Waals surface area contributed by atoms with Crippen molar-refractivity contribution in [2.75, 3.05) is 20.3 Å². The van der Waals surface area contributed by atoms with Gasteiger partial charge in [-0.1, -0.05) is 12.8 Å². The van der Waals surface area contributed by atoms with Crippen molar-refractivity contribution in [2.24, 2.45) is 0 Å². The van der Waals surface area contributed by atoms with Crippen LogP contribution in [0.1, 0.15) is 52.8 Å². The first-order chi connectivity index (χ1) is 10.7. The summed E-state index contributed by atoms with van der Waals surface area (Å²) < 4.78 is 4.93. The molecule has 2 rings (SSSR count). The number of ether oxygens (including phenoxy) is 1. The van der Waals surface area contributed by atoms with Gasteiger partial charge in [0.15, 0.2) is 0 Å². The Kier molecular flexibility index (Phi) is 6.40. The van der Waals surface area contributed by atoms with Gasteiger partial charge in [-0.3, -0.25) is 9.59 Å². The molecule has 1 saturated carbocycles. The molecule has 1 fully saturated rings. The molecule has 22 heavy (non-hydrogen) atoms. The third-order valence-electron chi connectivity index (χ3n) is 3.91. The number of amides is 2. The van der Waals surface area contributed by atoms with Crippen molar-refractivity contribution in [3.63, 3.8) is 0 Å². The molecule has 0 radical (unpaired) electrons. The summed E-state index contributed by atoms with van der Waals surface area (Å²) >= 11 is 0. The second-order valence-electron chi connectivity index (χ2n) is 5.63. The van der Waals surface area contributed by atoms with E-state index in [1.165, 1.54) is 12.8 Å². The molecule has 2 amide bonds. The molecular formula is C17H24N2O3. The molecule has 0 aromatic heterocycles. The van der Waals surface area contributed by atoms with E-state index < -0.39 is 0 Å². The summed E-state index contributed by atoms with van der Waals surface area (Å²) in [5.74, 6) is -0.183. The number of methoxy groups -OCH3 is 1. The Bertz CT molecular complexity index is 493. The van der Waals surface area contributed by atoms with Crippen molar-refractivity contribution in [2.45, 2.75) is 38.1 Å². The standard InChI is InChI=1S/C17H24N2O3/c1-22-12-4-11-18-16(20)13-7-9-14(10-8-13)17(21)19-15-5-2-3-6-15/h7-10,15H,2-6,11-12H2,1H3,(H,18,20)(H,19,21). The summed E-state index contributed by atoms with van der Waals surface area (Å²) in [6.07, 6.45) is 5.28. The van der Waals surface area contributed by atoms with E-state index in [2.05, 4.69) is 10.6 Å². The first-order valence-corrected chi connectivity index (χ1v) is 7.89. The zero-order valence-corrected chi connectivity index (χ0v) is 13.1. The molecule has 120 valence electrons. The first kappa shape index (κ1) is 16.5. The Morgan fingerprint density at radius 1 is 1.09 bits per heavy atom. The number of hydrogen-bond acceptors (Lipinski definition) is 3. The van der Waals surface area contributed by atoms with E-state index in [9.17, 15) is 9.59 Å². The summed E-state index contributed by atoms with van der Waals surface area (Å²) in [6.45, 7) is 1.21. The normalized spacial score (nSPS) is 14.8. The Hall–Kier alpha value is -1.88. The van der Waals surface area contributed by atoms with Gasteiger partial charge < -0.3 is 15.4 Å².